The summed E-state index contributed by atoms with van der Waals surface area (Å²) in [6.07, 6.45) is -0.386. The maximum atomic E-state index is 13.3. The Labute approximate surface area is 122 Å². The molecule has 1 N–H and O–H groups in total. The van der Waals surface area contributed by atoms with Crippen LogP contribution in [-0.2, 0) is 6.18 Å². The minimum absolute atomic E-state index is 0.158. The number of alkyl halides is 3. The van der Waals surface area contributed by atoms with Gasteiger partial charge in [0.15, 0.2) is 0 Å². The maximum Gasteiger partial charge on any atom is 0.419 e. The van der Waals surface area contributed by atoms with E-state index in [9.17, 15) is 17.6 Å². The van der Waals surface area contributed by atoms with Crippen LogP contribution in [0, 0.1) is 17.7 Å². The lowest BCUT2D eigenvalue weighted by Crippen LogP contribution is -2.35. The Kier molecular flexibility index (Phi) is 4.79. The van der Waals surface area contributed by atoms with Gasteiger partial charge in [-0.1, -0.05) is 26.7 Å². The van der Waals surface area contributed by atoms with Crippen LogP contribution in [0.5, 0.6) is 0 Å². The van der Waals surface area contributed by atoms with Gasteiger partial charge in [0.25, 0.3) is 0 Å². The van der Waals surface area contributed by atoms with E-state index in [1.165, 1.54) is 6.07 Å². The summed E-state index contributed by atoms with van der Waals surface area (Å²) in [6, 6.07) is 3.31. The Morgan fingerprint density at radius 1 is 1.14 bits per heavy atom. The quantitative estimate of drug-likeness (QED) is 0.730. The number of nitrogens with one attached hydrogen (secondary N) is 1. The minimum atomic E-state index is -4.66. The zero-order valence-electron chi connectivity index (χ0n) is 12.3. The first-order valence-corrected chi connectivity index (χ1v) is 7.42. The number of anilines is 1. The minimum Gasteiger partial charge on any atom is -0.382 e. The van der Waals surface area contributed by atoms with Gasteiger partial charge in [0.1, 0.15) is 5.82 Å². The lowest BCUT2D eigenvalue weighted by atomic mass is 9.78. The van der Waals surface area contributed by atoms with Gasteiger partial charge >= 0.3 is 6.18 Å². The molecule has 0 aliphatic heterocycles. The number of hydrogen-bond donors (Lipinski definition) is 1. The van der Waals surface area contributed by atoms with E-state index >= 15 is 0 Å². The molecule has 1 aliphatic carbocycles. The summed E-state index contributed by atoms with van der Waals surface area (Å²) < 4.78 is 51.5. The molecule has 0 heterocycles. The van der Waals surface area contributed by atoms with Crippen LogP contribution in [-0.4, -0.2) is 6.04 Å². The van der Waals surface area contributed by atoms with Crippen molar-refractivity contribution < 1.29 is 17.6 Å². The van der Waals surface area contributed by atoms with Crippen molar-refractivity contribution in [2.24, 2.45) is 11.8 Å². The van der Waals surface area contributed by atoms with Crippen LogP contribution in [0.15, 0.2) is 18.2 Å². The van der Waals surface area contributed by atoms with Gasteiger partial charge in [-0.3, -0.25) is 0 Å². The summed E-state index contributed by atoms with van der Waals surface area (Å²) in [4.78, 5) is 0. The van der Waals surface area contributed by atoms with Crippen LogP contribution in [0.3, 0.4) is 0 Å². The lowest BCUT2D eigenvalue weighted by Gasteiger charge is -2.35. The van der Waals surface area contributed by atoms with Crippen molar-refractivity contribution in [1.82, 2.24) is 0 Å². The van der Waals surface area contributed by atoms with Crippen molar-refractivity contribution in [2.45, 2.75) is 51.7 Å². The van der Waals surface area contributed by atoms with Crippen molar-refractivity contribution in [3.8, 4) is 0 Å². The fraction of sp³-hybridized carbons (Fsp3) is 0.625. The predicted molar refractivity (Wildman–Crippen MR) is 75.6 cm³/mol. The molecule has 1 aliphatic rings. The average Bonchev–Trinajstić information content (AvgIpc) is 2.40. The van der Waals surface area contributed by atoms with E-state index in [0.29, 0.717) is 17.5 Å². The molecule has 0 spiro atoms. The molecule has 1 fully saturated rings. The molecule has 0 saturated heterocycles. The summed E-state index contributed by atoms with van der Waals surface area (Å²) in [5.74, 6) is -0.305. The molecule has 1 aromatic carbocycles. The third-order valence-electron chi connectivity index (χ3n) is 4.30. The van der Waals surface area contributed by atoms with E-state index in [2.05, 4.69) is 19.2 Å². The molecule has 5 heteroatoms. The zero-order chi connectivity index (χ0) is 15.6. The molecule has 0 aromatic heterocycles. The largest absolute Gasteiger partial charge is 0.419 e. The molecule has 1 nitrogen and oxygen atoms in total. The number of halogens is 4. The molecule has 118 valence electrons. The molecule has 1 aromatic rings. The van der Waals surface area contributed by atoms with E-state index in [1.807, 2.05) is 0 Å². The van der Waals surface area contributed by atoms with Crippen molar-refractivity contribution in [2.75, 3.05) is 5.32 Å². The van der Waals surface area contributed by atoms with Crippen LogP contribution in [0.1, 0.15) is 45.1 Å². The fourth-order valence-corrected chi connectivity index (χ4v) is 3.18. The van der Waals surface area contributed by atoms with Gasteiger partial charge in [0.05, 0.1) is 5.56 Å². The van der Waals surface area contributed by atoms with Gasteiger partial charge < -0.3 is 5.32 Å². The second-order valence-electron chi connectivity index (χ2n) is 6.14. The van der Waals surface area contributed by atoms with Crippen molar-refractivity contribution in [3.05, 3.63) is 29.6 Å². The number of rotatable bonds is 3. The second kappa shape index (κ2) is 6.24. The zero-order valence-corrected chi connectivity index (χ0v) is 12.3. The molecule has 2 unspecified atom stereocenters. The molecule has 2 rings (SSSR count). The molecule has 0 radical (unpaired) electrons. The number of benzene rings is 1. The Bertz CT molecular complexity index is 482. The van der Waals surface area contributed by atoms with Gasteiger partial charge in [-0.15, -0.1) is 0 Å². The van der Waals surface area contributed by atoms with Crippen LogP contribution < -0.4 is 5.32 Å². The third kappa shape index (κ3) is 3.89. The third-order valence-corrected chi connectivity index (χ3v) is 4.30. The number of hydrogen-bond acceptors (Lipinski definition) is 1. The molecule has 21 heavy (non-hydrogen) atoms. The van der Waals surface area contributed by atoms with Gasteiger partial charge in [0, 0.05) is 11.7 Å². The first kappa shape index (κ1) is 16.1. The highest BCUT2D eigenvalue weighted by molar-refractivity contribution is 5.48. The average molecular weight is 303 g/mol. The summed E-state index contributed by atoms with van der Waals surface area (Å²) >= 11 is 0. The van der Waals surface area contributed by atoms with Crippen LogP contribution >= 0.6 is 0 Å². The van der Waals surface area contributed by atoms with Crippen LogP contribution in [0.2, 0.25) is 0 Å². The monoisotopic (exact) mass is 303 g/mol. The predicted octanol–water partition coefficient (Wildman–Crippen LogP) is 5.47. The van der Waals surface area contributed by atoms with E-state index in [1.54, 1.807) is 0 Å². The van der Waals surface area contributed by atoms with Gasteiger partial charge in [0.2, 0.25) is 0 Å². The first-order chi connectivity index (χ1) is 9.79. The Morgan fingerprint density at radius 3 is 2.43 bits per heavy atom. The molecule has 0 bridgehead atoms. The van der Waals surface area contributed by atoms with E-state index in [0.717, 1.165) is 37.8 Å². The van der Waals surface area contributed by atoms with Crippen molar-refractivity contribution in [1.29, 1.82) is 0 Å². The molecular weight excluding hydrogens is 282 g/mol. The molecule has 1 saturated carbocycles. The van der Waals surface area contributed by atoms with Crippen LogP contribution in [0.4, 0.5) is 23.2 Å². The highest BCUT2D eigenvalue weighted by Crippen LogP contribution is 2.35. The normalized spacial score (nSPS) is 23.4. The SMILES string of the molecule is CC(C)C1CCCCC1Nc1ccc(F)c(C(F)(F)F)c1. The highest BCUT2D eigenvalue weighted by Gasteiger charge is 2.35. The molecular formula is C16H21F4N. The summed E-state index contributed by atoms with van der Waals surface area (Å²) in [5.41, 5.74) is -0.856. The standard InChI is InChI=1S/C16H21F4N/c1-10(2)12-5-3-4-6-15(12)21-11-7-8-14(17)13(9-11)16(18,19)20/h7-10,12,15,21H,3-6H2,1-2H3. The van der Waals surface area contributed by atoms with E-state index < -0.39 is 17.6 Å². The maximum absolute atomic E-state index is 13.3. The smallest absolute Gasteiger partial charge is 0.382 e. The fourth-order valence-electron chi connectivity index (χ4n) is 3.18. The Balaban J connectivity index is 2.19. The van der Waals surface area contributed by atoms with Gasteiger partial charge in [-0.2, -0.15) is 13.2 Å². The van der Waals surface area contributed by atoms with Crippen molar-refractivity contribution >= 4 is 5.69 Å². The Morgan fingerprint density at radius 2 is 1.81 bits per heavy atom. The Hall–Kier alpha value is -1.26. The van der Waals surface area contributed by atoms with Gasteiger partial charge in [-0.25, -0.2) is 4.39 Å². The topological polar surface area (TPSA) is 12.0 Å². The van der Waals surface area contributed by atoms with Crippen LogP contribution in [0.25, 0.3) is 0 Å². The van der Waals surface area contributed by atoms with Gasteiger partial charge in [-0.05, 0) is 42.9 Å². The summed E-state index contributed by atoms with van der Waals surface area (Å²) in [5, 5.41) is 3.19. The molecule has 0 amide bonds. The summed E-state index contributed by atoms with van der Waals surface area (Å²) in [6.45, 7) is 4.27. The van der Waals surface area contributed by atoms with Crippen molar-refractivity contribution in [3.63, 3.8) is 0 Å². The second-order valence-corrected chi connectivity index (χ2v) is 6.14. The lowest BCUT2D eigenvalue weighted by molar-refractivity contribution is -0.139. The first-order valence-electron chi connectivity index (χ1n) is 7.42. The van der Waals surface area contributed by atoms with E-state index in [-0.39, 0.29) is 6.04 Å². The molecule has 2 atom stereocenters. The highest BCUT2D eigenvalue weighted by atomic mass is 19.4. The summed E-state index contributed by atoms with van der Waals surface area (Å²) in [7, 11) is 0. The van der Waals surface area contributed by atoms with E-state index in [4.69, 9.17) is 0 Å².